The van der Waals surface area contributed by atoms with Gasteiger partial charge in [-0.2, -0.15) is 0 Å². The lowest BCUT2D eigenvalue weighted by Crippen LogP contribution is -2.35. The molecule has 0 aliphatic carbocycles. The van der Waals surface area contributed by atoms with Crippen LogP contribution in [0, 0.1) is 5.92 Å². The Morgan fingerprint density at radius 3 is 2.03 bits per heavy atom. The number of Topliss-reactive ketones (excluding diaryl/α,β-unsaturated/α-hetero) is 1. The van der Waals surface area contributed by atoms with Crippen molar-refractivity contribution in [3.63, 3.8) is 0 Å². The Morgan fingerprint density at radius 1 is 0.895 bits per heavy atom. The molecular weight excluding hydrogens is 480 g/mol. The summed E-state index contributed by atoms with van der Waals surface area (Å²) in [7, 11) is 0. The summed E-state index contributed by atoms with van der Waals surface area (Å²) in [6.07, 6.45) is 4.26. The summed E-state index contributed by atoms with van der Waals surface area (Å²) in [6.45, 7) is 5.03. The number of rotatable bonds is 14. The van der Waals surface area contributed by atoms with Crippen molar-refractivity contribution in [2.24, 2.45) is 11.7 Å². The molecule has 9 heteroatoms. The molecule has 38 heavy (non-hydrogen) atoms. The molecule has 0 spiro atoms. The zero-order valence-electron chi connectivity index (χ0n) is 22.0. The van der Waals surface area contributed by atoms with Gasteiger partial charge in [0.15, 0.2) is 0 Å². The first kappa shape index (κ1) is 28.6. The Labute approximate surface area is 223 Å². The van der Waals surface area contributed by atoms with Crippen LogP contribution in [0.5, 0.6) is 0 Å². The maximum Gasteiger partial charge on any atom is 0.238 e. The zero-order chi connectivity index (χ0) is 27.3. The molecule has 3 rings (SSSR count). The first-order valence-electron chi connectivity index (χ1n) is 12.8. The van der Waals surface area contributed by atoms with Crippen LogP contribution in [0.15, 0.2) is 73.1 Å². The molecule has 9 nitrogen and oxygen atoms in total. The Morgan fingerprint density at radius 2 is 1.50 bits per heavy atom. The Hall–Kier alpha value is -3.95. The highest BCUT2D eigenvalue weighted by atomic mass is 16.2. The fourth-order valence-electron chi connectivity index (χ4n) is 3.85. The Balaban J connectivity index is 1.48. The lowest BCUT2D eigenvalue weighted by molar-refractivity contribution is -0.129. The third-order valence-electron chi connectivity index (χ3n) is 6.00. The van der Waals surface area contributed by atoms with Crippen LogP contribution in [-0.4, -0.2) is 51.6 Å². The largest absolute Gasteiger partial charge is 0.356 e. The second-order valence-electron chi connectivity index (χ2n) is 9.43. The van der Waals surface area contributed by atoms with Gasteiger partial charge < -0.3 is 16.4 Å². The van der Waals surface area contributed by atoms with E-state index < -0.39 is 12.0 Å². The van der Waals surface area contributed by atoms with Crippen LogP contribution in [0.3, 0.4) is 0 Å². The molecule has 2 heterocycles. The summed E-state index contributed by atoms with van der Waals surface area (Å²) >= 11 is 0. The van der Waals surface area contributed by atoms with Gasteiger partial charge in [0, 0.05) is 50.1 Å². The van der Waals surface area contributed by atoms with Crippen LogP contribution in [0.4, 0.5) is 5.69 Å². The second-order valence-corrected chi connectivity index (χ2v) is 9.43. The zero-order valence-corrected chi connectivity index (χ0v) is 22.0. The summed E-state index contributed by atoms with van der Waals surface area (Å²) < 4.78 is 0. The number of hydrogen-bond donors (Lipinski definition) is 3. The predicted octanol–water partition coefficient (Wildman–Crippen LogP) is 2.72. The van der Waals surface area contributed by atoms with Crippen molar-refractivity contribution in [1.82, 2.24) is 20.2 Å². The van der Waals surface area contributed by atoms with Crippen molar-refractivity contribution >= 4 is 23.3 Å². The van der Waals surface area contributed by atoms with Gasteiger partial charge in [0.2, 0.25) is 11.8 Å². The van der Waals surface area contributed by atoms with E-state index in [9.17, 15) is 14.4 Å². The lowest BCUT2D eigenvalue weighted by Gasteiger charge is -2.21. The Kier molecular flexibility index (Phi) is 11.1. The van der Waals surface area contributed by atoms with E-state index in [0.29, 0.717) is 31.7 Å². The first-order chi connectivity index (χ1) is 18.3. The van der Waals surface area contributed by atoms with Gasteiger partial charge in [0.05, 0.1) is 24.0 Å². The average Bonchev–Trinajstić information content (AvgIpc) is 2.90. The van der Waals surface area contributed by atoms with E-state index in [1.54, 1.807) is 26.2 Å². The molecule has 2 amide bonds. The van der Waals surface area contributed by atoms with Crippen molar-refractivity contribution in [1.29, 1.82) is 0 Å². The number of hydrogen-bond acceptors (Lipinski definition) is 7. The van der Waals surface area contributed by atoms with E-state index in [-0.39, 0.29) is 30.6 Å². The van der Waals surface area contributed by atoms with E-state index in [2.05, 4.69) is 20.6 Å². The van der Waals surface area contributed by atoms with Gasteiger partial charge in [-0.3, -0.25) is 29.3 Å². The number of amides is 2. The van der Waals surface area contributed by atoms with E-state index in [1.165, 1.54) is 0 Å². The molecule has 0 bridgehead atoms. The topological polar surface area (TPSA) is 130 Å². The van der Waals surface area contributed by atoms with E-state index in [0.717, 1.165) is 17.0 Å². The van der Waals surface area contributed by atoms with Gasteiger partial charge in [0.25, 0.3) is 0 Å². The highest BCUT2D eigenvalue weighted by Gasteiger charge is 2.18. The maximum absolute atomic E-state index is 12.8. The second kappa shape index (κ2) is 14.7. The van der Waals surface area contributed by atoms with E-state index in [1.807, 2.05) is 65.6 Å². The minimum absolute atomic E-state index is 0.123. The number of nitrogens with one attached hydrogen (secondary N) is 2. The third-order valence-corrected chi connectivity index (χ3v) is 6.00. The molecule has 1 aromatic carbocycles. The molecule has 2 atom stereocenters. The number of ketones is 1. The number of anilines is 1. The van der Waals surface area contributed by atoms with Gasteiger partial charge in [-0.05, 0) is 55.3 Å². The number of aromatic nitrogens is 2. The standard InChI is InChI=1S/C29H36N6O3/c1-21(17-27(36)22(2)30)29(38)33-16-13-23-9-11-24(12-10-23)34-28(37)20-35(18-25-7-3-5-14-31-25)19-26-8-4-6-15-32-26/h3-12,14-15,21-22H,13,16-20,30H2,1-2H3,(H,33,38)(H,34,37)/t21-,22-/m1/s1. The normalized spacial score (nSPS) is 12.5. The lowest BCUT2D eigenvalue weighted by atomic mass is 10.0. The molecule has 200 valence electrons. The molecular formula is C29H36N6O3. The van der Waals surface area contributed by atoms with Crippen LogP contribution >= 0.6 is 0 Å². The highest BCUT2D eigenvalue weighted by Crippen LogP contribution is 2.12. The minimum Gasteiger partial charge on any atom is -0.356 e. The third kappa shape index (κ3) is 9.84. The summed E-state index contributed by atoms with van der Waals surface area (Å²) in [5.41, 5.74) is 9.05. The quantitative estimate of drug-likeness (QED) is 0.300. The van der Waals surface area contributed by atoms with Crippen molar-refractivity contribution in [3.05, 3.63) is 90.0 Å². The van der Waals surface area contributed by atoms with E-state index >= 15 is 0 Å². The number of pyridine rings is 2. The number of nitrogens with zero attached hydrogens (tertiary/aromatic N) is 3. The van der Waals surface area contributed by atoms with Crippen molar-refractivity contribution < 1.29 is 14.4 Å². The molecule has 0 saturated carbocycles. The first-order valence-corrected chi connectivity index (χ1v) is 12.8. The maximum atomic E-state index is 12.8. The number of carbonyl (C=O) groups is 3. The van der Waals surface area contributed by atoms with Crippen molar-refractivity contribution in [3.8, 4) is 0 Å². The molecule has 0 fully saturated rings. The molecule has 0 unspecified atom stereocenters. The molecule has 2 aromatic heterocycles. The SMILES string of the molecule is C[C@H](CC(=O)[C@@H](C)N)C(=O)NCCc1ccc(NC(=O)CN(Cc2ccccn2)Cc2ccccn2)cc1. The fourth-order valence-corrected chi connectivity index (χ4v) is 3.85. The molecule has 0 radical (unpaired) electrons. The molecule has 0 saturated heterocycles. The molecule has 0 aliphatic heterocycles. The van der Waals surface area contributed by atoms with Crippen LogP contribution in [0.1, 0.15) is 37.2 Å². The Bertz CT molecular complexity index is 1130. The predicted molar refractivity (Wildman–Crippen MR) is 147 cm³/mol. The minimum atomic E-state index is -0.561. The smallest absolute Gasteiger partial charge is 0.238 e. The number of nitrogens with two attached hydrogens (primary N) is 1. The van der Waals surface area contributed by atoms with Gasteiger partial charge in [-0.25, -0.2) is 0 Å². The van der Waals surface area contributed by atoms with Crippen LogP contribution in [0.25, 0.3) is 0 Å². The number of benzene rings is 1. The van der Waals surface area contributed by atoms with Crippen LogP contribution in [-0.2, 0) is 33.9 Å². The molecule has 3 aromatic rings. The van der Waals surface area contributed by atoms with Crippen LogP contribution < -0.4 is 16.4 Å². The van der Waals surface area contributed by atoms with Crippen molar-refractivity contribution in [2.45, 2.75) is 45.8 Å². The monoisotopic (exact) mass is 516 g/mol. The molecule has 0 aliphatic rings. The van der Waals surface area contributed by atoms with Gasteiger partial charge >= 0.3 is 0 Å². The van der Waals surface area contributed by atoms with Gasteiger partial charge in [0.1, 0.15) is 5.78 Å². The van der Waals surface area contributed by atoms with Crippen LogP contribution in [0.2, 0.25) is 0 Å². The number of carbonyl (C=O) groups excluding carboxylic acids is 3. The van der Waals surface area contributed by atoms with Gasteiger partial charge in [-0.15, -0.1) is 0 Å². The summed E-state index contributed by atoms with van der Waals surface area (Å²) in [4.78, 5) is 47.6. The van der Waals surface area contributed by atoms with Gasteiger partial charge in [-0.1, -0.05) is 31.2 Å². The highest BCUT2D eigenvalue weighted by molar-refractivity contribution is 5.92. The average molecular weight is 517 g/mol. The summed E-state index contributed by atoms with van der Waals surface area (Å²) in [5.74, 6) is -0.834. The fraction of sp³-hybridized carbons (Fsp3) is 0.345. The van der Waals surface area contributed by atoms with E-state index in [4.69, 9.17) is 5.73 Å². The summed E-state index contributed by atoms with van der Waals surface area (Å²) in [5, 5.41) is 5.82. The summed E-state index contributed by atoms with van der Waals surface area (Å²) in [6, 6.07) is 18.4. The molecule has 4 N–H and O–H groups in total. The van der Waals surface area contributed by atoms with Crippen molar-refractivity contribution in [2.75, 3.05) is 18.4 Å².